The highest BCUT2D eigenvalue weighted by atomic mass is 32.2. The molecule has 0 radical (unpaired) electrons. The van der Waals surface area contributed by atoms with E-state index in [9.17, 15) is 13.2 Å². The molecule has 1 saturated heterocycles. The van der Waals surface area contributed by atoms with Crippen LogP contribution >= 0.6 is 11.3 Å². The van der Waals surface area contributed by atoms with Gasteiger partial charge in [-0.05, 0) is 48.6 Å². The monoisotopic (exact) mass is 454 g/mol. The van der Waals surface area contributed by atoms with E-state index in [1.807, 2.05) is 37.3 Å². The topological polar surface area (TPSA) is 66.5 Å². The van der Waals surface area contributed by atoms with Gasteiger partial charge in [0.05, 0.1) is 12.5 Å². The number of sulfonamides is 1. The summed E-state index contributed by atoms with van der Waals surface area (Å²) in [7, 11) is -3.43. The molecule has 1 aliphatic heterocycles. The molecule has 7 heteroatoms. The van der Waals surface area contributed by atoms with Gasteiger partial charge < -0.3 is 5.32 Å². The quantitative estimate of drug-likeness (QED) is 0.566. The van der Waals surface area contributed by atoms with Crippen LogP contribution in [-0.2, 0) is 21.2 Å². The van der Waals surface area contributed by atoms with Gasteiger partial charge in [0.25, 0.3) is 10.0 Å². The Morgan fingerprint density at radius 1 is 0.968 bits per heavy atom. The van der Waals surface area contributed by atoms with Crippen LogP contribution in [0.4, 0.5) is 0 Å². The van der Waals surface area contributed by atoms with E-state index in [4.69, 9.17) is 0 Å². The number of hydrogen-bond donors (Lipinski definition) is 1. The molecular weight excluding hydrogens is 428 g/mol. The average molecular weight is 455 g/mol. The van der Waals surface area contributed by atoms with Crippen LogP contribution in [0.25, 0.3) is 11.1 Å². The average Bonchev–Trinajstić information content (AvgIpc) is 3.47. The van der Waals surface area contributed by atoms with Crippen LogP contribution in [0.5, 0.6) is 0 Å². The van der Waals surface area contributed by atoms with Crippen molar-refractivity contribution in [1.29, 1.82) is 0 Å². The van der Waals surface area contributed by atoms with Crippen molar-refractivity contribution in [2.45, 2.75) is 36.4 Å². The Balaban J connectivity index is 1.36. The summed E-state index contributed by atoms with van der Waals surface area (Å²) in [6.45, 7) is 3.11. The number of nitrogens with one attached hydrogen (secondary N) is 1. The molecule has 1 unspecified atom stereocenters. The largest absolute Gasteiger partial charge is 0.349 e. The Bertz CT molecular complexity index is 1130. The Morgan fingerprint density at radius 2 is 1.61 bits per heavy atom. The van der Waals surface area contributed by atoms with Gasteiger partial charge in [-0.15, -0.1) is 11.3 Å². The molecule has 0 saturated carbocycles. The Kier molecular flexibility index (Phi) is 6.55. The molecule has 2 heterocycles. The van der Waals surface area contributed by atoms with E-state index in [1.165, 1.54) is 15.6 Å². The standard InChI is InChI=1S/C24H26N2O3S2/c1-18(19-9-11-21(12-10-19)20-7-3-2-4-8-20)25-23(27)17-22-13-14-24(30-22)31(28,29)26-15-5-6-16-26/h2-4,7-14,18H,5-6,15-17H2,1H3,(H,25,27). The first-order chi connectivity index (χ1) is 14.9. The summed E-state index contributed by atoms with van der Waals surface area (Å²) >= 11 is 1.19. The van der Waals surface area contributed by atoms with E-state index in [1.54, 1.807) is 12.1 Å². The van der Waals surface area contributed by atoms with Crippen molar-refractivity contribution >= 4 is 27.3 Å². The van der Waals surface area contributed by atoms with Gasteiger partial charge in [0.1, 0.15) is 4.21 Å². The Hall–Kier alpha value is -2.48. The number of carbonyl (C=O) groups excluding carboxylic acids is 1. The van der Waals surface area contributed by atoms with Gasteiger partial charge in [0, 0.05) is 18.0 Å². The molecule has 4 rings (SSSR count). The van der Waals surface area contributed by atoms with Gasteiger partial charge in [-0.3, -0.25) is 4.79 Å². The van der Waals surface area contributed by atoms with E-state index < -0.39 is 10.0 Å². The second-order valence-corrected chi connectivity index (χ2v) is 11.1. The summed E-state index contributed by atoms with van der Waals surface area (Å²) in [5.74, 6) is -0.119. The molecule has 1 aromatic heterocycles. The molecule has 5 nitrogen and oxygen atoms in total. The summed E-state index contributed by atoms with van der Waals surface area (Å²) in [4.78, 5) is 13.3. The van der Waals surface area contributed by atoms with Gasteiger partial charge in [-0.25, -0.2) is 8.42 Å². The van der Waals surface area contributed by atoms with Gasteiger partial charge in [0.2, 0.25) is 5.91 Å². The third-order valence-electron chi connectivity index (χ3n) is 5.53. The highest BCUT2D eigenvalue weighted by Crippen LogP contribution is 2.28. The van der Waals surface area contributed by atoms with E-state index in [2.05, 4.69) is 29.6 Å². The number of nitrogens with zero attached hydrogens (tertiary/aromatic N) is 1. The highest BCUT2D eigenvalue weighted by molar-refractivity contribution is 7.91. The number of rotatable bonds is 7. The molecule has 2 aromatic carbocycles. The van der Waals surface area contributed by atoms with Crippen LogP contribution in [0.1, 0.15) is 36.2 Å². The molecule has 0 bridgehead atoms. The summed E-state index contributed by atoms with van der Waals surface area (Å²) in [6.07, 6.45) is 1.99. The number of hydrogen-bond acceptors (Lipinski definition) is 4. The van der Waals surface area contributed by atoms with E-state index in [0.29, 0.717) is 17.3 Å². The normalized spacial score (nSPS) is 15.6. The minimum atomic E-state index is -3.43. The van der Waals surface area contributed by atoms with E-state index in [0.717, 1.165) is 34.4 Å². The zero-order valence-electron chi connectivity index (χ0n) is 17.5. The van der Waals surface area contributed by atoms with Crippen molar-refractivity contribution in [2.24, 2.45) is 0 Å². The molecule has 1 amide bonds. The fourth-order valence-electron chi connectivity index (χ4n) is 3.78. The number of benzene rings is 2. The summed E-state index contributed by atoms with van der Waals surface area (Å²) in [5.41, 5.74) is 3.31. The first-order valence-corrected chi connectivity index (χ1v) is 12.7. The van der Waals surface area contributed by atoms with Gasteiger partial charge in [0.15, 0.2) is 0 Å². The lowest BCUT2D eigenvalue weighted by atomic mass is 10.0. The minimum Gasteiger partial charge on any atom is -0.349 e. The number of thiophene rings is 1. The maximum absolute atomic E-state index is 12.7. The predicted molar refractivity (Wildman–Crippen MR) is 124 cm³/mol. The van der Waals surface area contributed by atoms with Crippen molar-refractivity contribution in [1.82, 2.24) is 9.62 Å². The molecule has 31 heavy (non-hydrogen) atoms. The first kappa shape index (κ1) is 21.7. The minimum absolute atomic E-state index is 0.119. The van der Waals surface area contributed by atoms with Crippen molar-refractivity contribution < 1.29 is 13.2 Å². The number of amides is 1. The van der Waals surface area contributed by atoms with Crippen LogP contribution in [-0.4, -0.2) is 31.7 Å². The Labute approximate surface area is 187 Å². The molecule has 1 fully saturated rings. The van der Waals surface area contributed by atoms with Crippen LogP contribution < -0.4 is 5.32 Å². The second kappa shape index (κ2) is 9.34. The molecule has 1 atom stereocenters. The lowest BCUT2D eigenvalue weighted by Gasteiger charge is -2.15. The first-order valence-electron chi connectivity index (χ1n) is 10.5. The fourth-order valence-corrected chi connectivity index (χ4v) is 6.80. The molecule has 162 valence electrons. The van der Waals surface area contributed by atoms with Crippen molar-refractivity contribution in [3.8, 4) is 11.1 Å². The number of carbonyl (C=O) groups is 1. The third-order valence-corrected chi connectivity index (χ3v) is 8.98. The second-order valence-electron chi connectivity index (χ2n) is 7.79. The third kappa shape index (κ3) is 5.06. The fraction of sp³-hybridized carbons (Fsp3) is 0.292. The van der Waals surface area contributed by atoms with Crippen molar-refractivity contribution in [2.75, 3.05) is 13.1 Å². The van der Waals surface area contributed by atoms with Crippen LogP contribution in [0.3, 0.4) is 0 Å². The molecular formula is C24H26N2O3S2. The van der Waals surface area contributed by atoms with Gasteiger partial charge in [-0.1, -0.05) is 54.6 Å². The van der Waals surface area contributed by atoms with Crippen molar-refractivity contribution in [3.05, 3.63) is 77.2 Å². The molecule has 0 spiro atoms. The lowest BCUT2D eigenvalue weighted by molar-refractivity contribution is -0.121. The van der Waals surface area contributed by atoms with E-state index in [-0.39, 0.29) is 18.4 Å². The molecule has 1 aliphatic rings. The maximum atomic E-state index is 12.7. The highest BCUT2D eigenvalue weighted by Gasteiger charge is 2.28. The zero-order valence-corrected chi connectivity index (χ0v) is 19.1. The zero-order chi connectivity index (χ0) is 21.8. The van der Waals surface area contributed by atoms with E-state index >= 15 is 0 Å². The lowest BCUT2D eigenvalue weighted by Crippen LogP contribution is -2.28. The predicted octanol–water partition coefficient (Wildman–Crippen LogP) is 4.62. The van der Waals surface area contributed by atoms with Crippen LogP contribution in [0.15, 0.2) is 70.9 Å². The van der Waals surface area contributed by atoms with Crippen molar-refractivity contribution in [3.63, 3.8) is 0 Å². The summed E-state index contributed by atoms with van der Waals surface area (Å²) in [5, 5.41) is 3.01. The summed E-state index contributed by atoms with van der Waals surface area (Å²) < 4.78 is 27.2. The van der Waals surface area contributed by atoms with Crippen LogP contribution in [0.2, 0.25) is 0 Å². The van der Waals surface area contributed by atoms with Gasteiger partial charge in [-0.2, -0.15) is 4.31 Å². The SMILES string of the molecule is CC(NC(=O)Cc1ccc(S(=O)(=O)N2CCCC2)s1)c1ccc(-c2ccccc2)cc1. The summed E-state index contributed by atoms with van der Waals surface area (Å²) in [6, 6.07) is 21.6. The Morgan fingerprint density at radius 3 is 2.29 bits per heavy atom. The molecule has 1 N–H and O–H groups in total. The van der Waals surface area contributed by atoms with Crippen LogP contribution in [0, 0.1) is 0 Å². The smallest absolute Gasteiger partial charge is 0.252 e. The molecule has 3 aromatic rings. The molecule has 0 aliphatic carbocycles. The van der Waals surface area contributed by atoms with Gasteiger partial charge >= 0.3 is 0 Å². The maximum Gasteiger partial charge on any atom is 0.252 e.